The van der Waals surface area contributed by atoms with Crippen LogP contribution >= 0.6 is 11.8 Å². The second-order valence-electron chi connectivity index (χ2n) is 6.39. The number of esters is 1. The number of thioether (sulfide) groups is 1. The number of benzene rings is 1. The molecule has 0 saturated carbocycles. The van der Waals surface area contributed by atoms with Crippen molar-refractivity contribution in [1.29, 1.82) is 0 Å². The standard InChI is InChI=1S/C17H24N2O4S/c1-12-5-7-13(8-6-12)10-24-11-15(21)23-9-14(20)18-16(22)19-17(2,3)4/h5-8H,9-11H2,1-4H3,(H2,18,19,20,22). The molecule has 0 atom stereocenters. The van der Waals surface area contributed by atoms with Crippen molar-refractivity contribution in [3.8, 4) is 0 Å². The summed E-state index contributed by atoms with van der Waals surface area (Å²) in [6.07, 6.45) is 0. The molecule has 132 valence electrons. The lowest BCUT2D eigenvalue weighted by Crippen LogP contribution is -2.49. The number of rotatable bonds is 6. The highest BCUT2D eigenvalue weighted by Gasteiger charge is 2.16. The van der Waals surface area contributed by atoms with Gasteiger partial charge >= 0.3 is 12.0 Å². The minimum Gasteiger partial charge on any atom is -0.455 e. The molecule has 0 aliphatic heterocycles. The number of amides is 3. The maximum Gasteiger partial charge on any atom is 0.321 e. The molecule has 0 unspecified atom stereocenters. The van der Waals surface area contributed by atoms with E-state index >= 15 is 0 Å². The van der Waals surface area contributed by atoms with Crippen LogP contribution in [0.25, 0.3) is 0 Å². The Morgan fingerprint density at radius 1 is 1.12 bits per heavy atom. The Bertz CT molecular complexity index is 579. The minimum atomic E-state index is -0.659. The van der Waals surface area contributed by atoms with Crippen molar-refractivity contribution >= 4 is 29.7 Å². The number of imide groups is 1. The molecule has 0 aliphatic carbocycles. The molecule has 1 aromatic rings. The van der Waals surface area contributed by atoms with E-state index < -0.39 is 30.1 Å². The zero-order valence-electron chi connectivity index (χ0n) is 14.5. The summed E-state index contributed by atoms with van der Waals surface area (Å²) in [4.78, 5) is 34.6. The van der Waals surface area contributed by atoms with E-state index in [-0.39, 0.29) is 5.75 Å². The molecule has 0 aliphatic rings. The molecular weight excluding hydrogens is 328 g/mol. The molecule has 1 rings (SSSR count). The van der Waals surface area contributed by atoms with Crippen LogP contribution in [0.1, 0.15) is 31.9 Å². The van der Waals surface area contributed by atoms with Gasteiger partial charge in [0.2, 0.25) is 0 Å². The summed E-state index contributed by atoms with van der Waals surface area (Å²) in [7, 11) is 0. The van der Waals surface area contributed by atoms with Gasteiger partial charge in [-0.05, 0) is 33.3 Å². The molecule has 2 N–H and O–H groups in total. The highest BCUT2D eigenvalue weighted by molar-refractivity contribution is 7.99. The Labute approximate surface area is 146 Å². The Balaban J connectivity index is 2.20. The molecule has 6 nitrogen and oxygen atoms in total. The number of nitrogens with one attached hydrogen (secondary N) is 2. The molecule has 3 amide bonds. The zero-order chi connectivity index (χ0) is 18.2. The fraction of sp³-hybridized carbons (Fsp3) is 0.471. The third-order valence-electron chi connectivity index (χ3n) is 2.71. The molecular formula is C17H24N2O4S. The van der Waals surface area contributed by atoms with Crippen molar-refractivity contribution in [3.63, 3.8) is 0 Å². The average molecular weight is 352 g/mol. The van der Waals surface area contributed by atoms with E-state index in [4.69, 9.17) is 4.74 Å². The van der Waals surface area contributed by atoms with Gasteiger partial charge in [-0.1, -0.05) is 29.8 Å². The number of hydrogen-bond acceptors (Lipinski definition) is 5. The number of carbonyl (C=O) groups is 3. The lowest BCUT2D eigenvalue weighted by atomic mass is 10.1. The number of aryl methyl sites for hydroxylation is 1. The first-order valence-electron chi connectivity index (χ1n) is 7.56. The van der Waals surface area contributed by atoms with Crippen molar-refractivity contribution in [2.24, 2.45) is 0 Å². The van der Waals surface area contributed by atoms with Crippen molar-refractivity contribution in [2.45, 2.75) is 39.0 Å². The van der Waals surface area contributed by atoms with Crippen molar-refractivity contribution in [2.75, 3.05) is 12.4 Å². The largest absolute Gasteiger partial charge is 0.455 e. The first-order chi connectivity index (χ1) is 11.2. The summed E-state index contributed by atoms with van der Waals surface area (Å²) in [5.74, 6) is -0.308. The summed E-state index contributed by atoms with van der Waals surface area (Å²) in [6, 6.07) is 7.43. The normalized spacial score (nSPS) is 10.8. The number of urea groups is 1. The fourth-order valence-corrected chi connectivity index (χ4v) is 2.44. The van der Waals surface area contributed by atoms with Crippen LogP contribution in [0.3, 0.4) is 0 Å². The van der Waals surface area contributed by atoms with Gasteiger partial charge in [-0.2, -0.15) is 0 Å². The van der Waals surface area contributed by atoms with Crippen LogP contribution in [0, 0.1) is 6.92 Å². The van der Waals surface area contributed by atoms with Gasteiger partial charge in [-0.15, -0.1) is 11.8 Å². The summed E-state index contributed by atoms with van der Waals surface area (Å²) in [6.45, 7) is 6.93. The van der Waals surface area contributed by atoms with Gasteiger partial charge in [-0.3, -0.25) is 14.9 Å². The van der Waals surface area contributed by atoms with E-state index in [1.165, 1.54) is 17.3 Å². The molecule has 24 heavy (non-hydrogen) atoms. The smallest absolute Gasteiger partial charge is 0.321 e. The van der Waals surface area contributed by atoms with Gasteiger partial charge in [0, 0.05) is 11.3 Å². The Kier molecular flexibility index (Phi) is 7.78. The van der Waals surface area contributed by atoms with Crippen LogP contribution < -0.4 is 10.6 Å². The topological polar surface area (TPSA) is 84.5 Å². The van der Waals surface area contributed by atoms with Crippen LogP contribution in [0.5, 0.6) is 0 Å². The molecule has 0 heterocycles. The average Bonchev–Trinajstić information content (AvgIpc) is 2.45. The van der Waals surface area contributed by atoms with E-state index in [2.05, 4.69) is 10.6 Å². The van der Waals surface area contributed by atoms with Gasteiger partial charge in [0.05, 0.1) is 5.75 Å². The van der Waals surface area contributed by atoms with E-state index in [1.807, 2.05) is 31.2 Å². The number of ether oxygens (including phenoxy) is 1. The monoisotopic (exact) mass is 352 g/mol. The molecule has 7 heteroatoms. The van der Waals surface area contributed by atoms with Crippen molar-refractivity contribution < 1.29 is 19.1 Å². The van der Waals surface area contributed by atoms with Gasteiger partial charge in [0.25, 0.3) is 5.91 Å². The van der Waals surface area contributed by atoms with Gasteiger partial charge in [0.15, 0.2) is 6.61 Å². The van der Waals surface area contributed by atoms with Gasteiger partial charge in [0.1, 0.15) is 0 Å². The molecule has 1 aromatic carbocycles. The molecule has 0 spiro atoms. The third-order valence-corrected chi connectivity index (χ3v) is 3.69. The summed E-state index contributed by atoms with van der Waals surface area (Å²) in [5.41, 5.74) is 1.85. The summed E-state index contributed by atoms with van der Waals surface area (Å²) >= 11 is 1.41. The highest BCUT2D eigenvalue weighted by Crippen LogP contribution is 2.13. The zero-order valence-corrected chi connectivity index (χ0v) is 15.3. The lowest BCUT2D eigenvalue weighted by Gasteiger charge is -2.20. The third kappa shape index (κ3) is 9.19. The maximum absolute atomic E-state index is 11.6. The van der Waals surface area contributed by atoms with Gasteiger partial charge < -0.3 is 10.1 Å². The lowest BCUT2D eigenvalue weighted by molar-refractivity contribution is -0.145. The van der Waals surface area contributed by atoms with Crippen LogP contribution in [0.15, 0.2) is 24.3 Å². The SMILES string of the molecule is Cc1ccc(CSCC(=O)OCC(=O)NC(=O)NC(C)(C)C)cc1. The second-order valence-corrected chi connectivity index (χ2v) is 7.38. The molecule has 0 aromatic heterocycles. The van der Waals surface area contributed by atoms with Gasteiger partial charge in [-0.25, -0.2) is 4.79 Å². The van der Waals surface area contributed by atoms with Crippen LogP contribution in [-0.4, -0.2) is 35.8 Å². The molecule has 0 saturated heterocycles. The van der Waals surface area contributed by atoms with E-state index in [0.29, 0.717) is 5.75 Å². The Morgan fingerprint density at radius 2 is 1.75 bits per heavy atom. The number of hydrogen-bond donors (Lipinski definition) is 2. The predicted octanol–water partition coefficient (Wildman–Crippen LogP) is 2.40. The molecule has 0 bridgehead atoms. The van der Waals surface area contributed by atoms with Crippen molar-refractivity contribution in [1.82, 2.24) is 10.6 Å². The van der Waals surface area contributed by atoms with E-state index in [1.54, 1.807) is 20.8 Å². The minimum absolute atomic E-state index is 0.148. The first-order valence-corrected chi connectivity index (χ1v) is 8.72. The molecule has 0 fully saturated rings. The summed E-state index contributed by atoms with van der Waals surface area (Å²) < 4.78 is 4.84. The maximum atomic E-state index is 11.6. The Hall–Kier alpha value is -2.02. The van der Waals surface area contributed by atoms with E-state index in [0.717, 1.165) is 5.56 Å². The Morgan fingerprint density at radius 3 is 2.33 bits per heavy atom. The van der Waals surface area contributed by atoms with Crippen LogP contribution in [0.2, 0.25) is 0 Å². The molecule has 0 radical (unpaired) electrons. The van der Waals surface area contributed by atoms with Crippen LogP contribution in [-0.2, 0) is 20.1 Å². The van der Waals surface area contributed by atoms with E-state index in [9.17, 15) is 14.4 Å². The van der Waals surface area contributed by atoms with Crippen molar-refractivity contribution in [3.05, 3.63) is 35.4 Å². The quantitative estimate of drug-likeness (QED) is 0.768. The first kappa shape index (κ1) is 20.0. The predicted molar refractivity (Wildman–Crippen MR) is 94.7 cm³/mol. The second kappa shape index (κ2) is 9.32. The van der Waals surface area contributed by atoms with Crippen LogP contribution in [0.4, 0.5) is 4.79 Å². The highest BCUT2D eigenvalue weighted by atomic mass is 32.2. The fourth-order valence-electron chi connectivity index (χ4n) is 1.66. The number of carbonyl (C=O) groups excluding carboxylic acids is 3. The summed E-state index contributed by atoms with van der Waals surface area (Å²) in [5, 5.41) is 4.68.